The second kappa shape index (κ2) is 11.2. The van der Waals surface area contributed by atoms with E-state index in [1.54, 1.807) is 0 Å². The molecule has 5 rings (SSSR count). The Morgan fingerprint density at radius 2 is 2.03 bits per heavy atom. The summed E-state index contributed by atoms with van der Waals surface area (Å²) in [6.45, 7) is 7.01. The van der Waals surface area contributed by atoms with Gasteiger partial charge in [-0.15, -0.1) is 0 Å². The quantitative estimate of drug-likeness (QED) is 0.277. The topological polar surface area (TPSA) is 59.7 Å². The molecule has 0 radical (unpaired) electrons. The van der Waals surface area contributed by atoms with Gasteiger partial charge in [0.25, 0.3) is 5.91 Å². The van der Waals surface area contributed by atoms with Crippen LogP contribution in [0, 0.1) is 5.92 Å². The van der Waals surface area contributed by atoms with E-state index in [1.807, 2.05) is 71.6 Å². The molecule has 0 N–H and O–H groups in total. The van der Waals surface area contributed by atoms with Crippen molar-refractivity contribution in [2.24, 2.45) is 10.9 Å². The summed E-state index contributed by atoms with van der Waals surface area (Å²) in [6, 6.07) is 18.0. The second-order valence-corrected chi connectivity index (χ2v) is 10.5. The SMILES string of the molecule is CCCCOc1cccc(-c2nn(-c3ccccc3)cc2/C=C2\SC(N3CCC[C@@H](C)C3)=NC2=O)c1. The Kier molecular flexibility index (Phi) is 7.56. The van der Waals surface area contributed by atoms with Crippen molar-refractivity contribution in [3.63, 3.8) is 0 Å². The molecule has 1 amide bonds. The van der Waals surface area contributed by atoms with E-state index < -0.39 is 0 Å². The Bertz CT molecular complexity index is 1280. The zero-order valence-electron chi connectivity index (χ0n) is 20.9. The second-order valence-electron chi connectivity index (χ2n) is 9.45. The van der Waals surface area contributed by atoms with Crippen LogP contribution in [0.5, 0.6) is 5.75 Å². The first-order valence-corrected chi connectivity index (χ1v) is 13.6. The maximum Gasteiger partial charge on any atom is 0.286 e. The first-order valence-electron chi connectivity index (χ1n) is 12.8. The average Bonchev–Trinajstić information content (AvgIpc) is 3.49. The van der Waals surface area contributed by atoms with Crippen LogP contribution >= 0.6 is 11.8 Å². The van der Waals surface area contributed by atoms with E-state index in [-0.39, 0.29) is 5.91 Å². The monoisotopic (exact) mass is 500 g/mol. The molecule has 3 heterocycles. The maximum absolute atomic E-state index is 12.9. The lowest BCUT2D eigenvalue weighted by Crippen LogP contribution is -2.37. The lowest BCUT2D eigenvalue weighted by atomic mass is 10.0. The molecular weight excluding hydrogens is 468 g/mol. The lowest BCUT2D eigenvalue weighted by Gasteiger charge is -2.31. The summed E-state index contributed by atoms with van der Waals surface area (Å²) in [4.78, 5) is 20.2. The number of aliphatic imine (C=N–C) groups is 1. The highest BCUT2D eigenvalue weighted by Crippen LogP contribution is 2.35. The number of para-hydroxylation sites is 1. The molecular formula is C29H32N4O2S. The molecule has 1 saturated heterocycles. The van der Waals surface area contributed by atoms with E-state index >= 15 is 0 Å². The lowest BCUT2D eigenvalue weighted by molar-refractivity contribution is -0.113. The van der Waals surface area contributed by atoms with Crippen molar-refractivity contribution < 1.29 is 9.53 Å². The Hall–Kier alpha value is -3.32. The van der Waals surface area contributed by atoms with Crippen molar-refractivity contribution in [2.75, 3.05) is 19.7 Å². The number of unbranched alkanes of at least 4 members (excludes halogenated alkanes) is 1. The molecule has 3 aromatic rings. The van der Waals surface area contributed by atoms with Gasteiger partial charge in [0.2, 0.25) is 0 Å². The number of aromatic nitrogens is 2. The van der Waals surface area contributed by atoms with Crippen molar-refractivity contribution in [1.82, 2.24) is 14.7 Å². The smallest absolute Gasteiger partial charge is 0.286 e. The molecule has 0 spiro atoms. The van der Waals surface area contributed by atoms with E-state index in [1.165, 1.54) is 18.2 Å². The average molecular weight is 501 g/mol. The highest BCUT2D eigenvalue weighted by molar-refractivity contribution is 8.18. The normalized spacial score (nSPS) is 19.1. The van der Waals surface area contributed by atoms with Crippen LogP contribution in [0.3, 0.4) is 0 Å². The van der Waals surface area contributed by atoms with E-state index in [4.69, 9.17) is 9.84 Å². The number of amidine groups is 1. The van der Waals surface area contributed by atoms with E-state index in [0.717, 1.165) is 65.8 Å². The third-order valence-electron chi connectivity index (χ3n) is 6.46. The van der Waals surface area contributed by atoms with Gasteiger partial charge in [0.05, 0.1) is 17.2 Å². The van der Waals surface area contributed by atoms with Gasteiger partial charge in [0, 0.05) is 30.4 Å². The third-order valence-corrected chi connectivity index (χ3v) is 7.51. The van der Waals surface area contributed by atoms with Gasteiger partial charge >= 0.3 is 0 Å². The molecule has 2 aliphatic heterocycles. The molecule has 0 saturated carbocycles. The van der Waals surface area contributed by atoms with Crippen molar-refractivity contribution >= 4 is 28.9 Å². The summed E-state index contributed by atoms with van der Waals surface area (Å²) >= 11 is 1.47. The molecule has 6 nitrogen and oxygen atoms in total. The highest BCUT2D eigenvalue weighted by atomic mass is 32.2. The number of thioether (sulfide) groups is 1. The fraction of sp³-hybridized carbons (Fsp3) is 0.345. The van der Waals surface area contributed by atoms with Crippen LogP contribution < -0.4 is 4.74 Å². The summed E-state index contributed by atoms with van der Waals surface area (Å²) in [5.41, 5.74) is 3.60. The van der Waals surface area contributed by atoms with Crippen molar-refractivity contribution in [1.29, 1.82) is 0 Å². The van der Waals surface area contributed by atoms with Gasteiger partial charge in [-0.2, -0.15) is 10.1 Å². The number of carbonyl (C=O) groups is 1. The molecule has 36 heavy (non-hydrogen) atoms. The number of rotatable bonds is 7. The summed E-state index contributed by atoms with van der Waals surface area (Å²) in [7, 11) is 0. The third kappa shape index (κ3) is 5.57. The first-order chi connectivity index (χ1) is 17.6. The van der Waals surface area contributed by atoms with Gasteiger partial charge in [0.15, 0.2) is 5.17 Å². The minimum absolute atomic E-state index is 0.178. The Balaban J connectivity index is 1.47. The number of ether oxygens (including phenoxy) is 1. The number of amides is 1. The van der Waals surface area contributed by atoms with Crippen LogP contribution in [0.4, 0.5) is 0 Å². The summed E-state index contributed by atoms with van der Waals surface area (Å²) in [6.07, 6.45) is 8.39. The number of carbonyl (C=O) groups excluding carboxylic acids is 1. The number of nitrogens with zero attached hydrogens (tertiary/aromatic N) is 4. The van der Waals surface area contributed by atoms with Crippen LogP contribution in [-0.4, -0.2) is 45.5 Å². The molecule has 1 aromatic heterocycles. The number of likely N-dealkylation sites (tertiary alicyclic amines) is 1. The van der Waals surface area contributed by atoms with Crippen molar-refractivity contribution in [3.8, 4) is 22.7 Å². The largest absolute Gasteiger partial charge is 0.494 e. The predicted octanol–water partition coefficient (Wildman–Crippen LogP) is 6.42. The zero-order valence-corrected chi connectivity index (χ0v) is 21.7. The van der Waals surface area contributed by atoms with Gasteiger partial charge in [-0.05, 0) is 67.3 Å². The molecule has 0 unspecified atom stereocenters. The van der Waals surface area contributed by atoms with Crippen LogP contribution in [0.25, 0.3) is 23.0 Å². The van der Waals surface area contributed by atoms with E-state index in [9.17, 15) is 4.79 Å². The summed E-state index contributed by atoms with van der Waals surface area (Å²) < 4.78 is 7.81. The fourth-order valence-electron chi connectivity index (χ4n) is 4.54. The Morgan fingerprint density at radius 3 is 2.83 bits per heavy atom. The zero-order chi connectivity index (χ0) is 24.9. The first kappa shape index (κ1) is 24.4. The molecule has 186 valence electrons. The van der Waals surface area contributed by atoms with Crippen LogP contribution in [0.2, 0.25) is 0 Å². The maximum atomic E-state index is 12.9. The molecule has 0 aliphatic carbocycles. The Labute approximate surface area is 217 Å². The van der Waals surface area contributed by atoms with Gasteiger partial charge < -0.3 is 9.64 Å². The minimum Gasteiger partial charge on any atom is -0.494 e. The highest BCUT2D eigenvalue weighted by Gasteiger charge is 2.29. The van der Waals surface area contributed by atoms with E-state index in [0.29, 0.717) is 17.4 Å². The number of hydrogen-bond donors (Lipinski definition) is 0. The van der Waals surface area contributed by atoms with Gasteiger partial charge in [-0.25, -0.2) is 4.68 Å². The number of piperidine rings is 1. The number of hydrogen-bond acceptors (Lipinski definition) is 5. The molecule has 1 fully saturated rings. The van der Waals surface area contributed by atoms with Crippen LogP contribution in [0.1, 0.15) is 45.1 Å². The van der Waals surface area contributed by atoms with Crippen LogP contribution in [-0.2, 0) is 4.79 Å². The molecule has 7 heteroatoms. The van der Waals surface area contributed by atoms with Gasteiger partial charge in [-0.1, -0.05) is 50.6 Å². The standard InChI is InChI=1S/C29H32N4O2S/c1-3-4-16-35-25-14-8-11-22(17-25)27-23(20-33(31-27)24-12-6-5-7-13-24)18-26-28(34)30-29(36-26)32-15-9-10-21(2)19-32/h5-8,11-14,17-18,20-21H,3-4,9-10,15-16,19H2,1-2H3/b26-18-/t21-/m1/s1. The molecule has 2 aromatic carbocycles. The van der Waals surface area contributed by atoms with Crippen LogP contribution in [0.15, 0.2) is 70.7 Å². The summed E-state index contributed by atoms with van der Waals surface area (Å²) in [5, 5.41) is 5.74. The molecule has 0 bridgehead atoms. The molecule has 2 aliphatic rings. The number of benzene rings is 2. The summed E-state index contributed by atoms with van der Waals surface area (Å²) in [5.74, 6) is 1.26. The minimum atomic E-state index is -0.178. The predicted molar refractivity (Wildman–Crippen MR) is 147 cm³/mol. The van der Waals surface area contributed by atoms with Crippen molar-refractivity contribution in [2.45, 2.75) is 39.5 Å². The fourth-order valence-corrected chi connectivity index (χ4v) is 5.47. The Morgan fingerprint density at radius 1 is 1.17 bits per heavy atom. The van der Waals surface area contributed by atoms with E-state index in [2.05, 4.69) is 23.7 Å². The van der Waals surface area contributed by atoms with Gasteiger partial charge in [-0.3, -0.25) is 4.79 Å². The van der Waals surface area contributed by atoms with Gasteiger partial charge in [0.1, 0.15) is 11.4 Å². The van der Waals surface area contributed by atoms with Crippen molar-refractivity contribution in [3.05, 3.63) is 71.3 Å². The molecule has 1 atom stereocenters.